The van der Waals surface area contributed by atoms with E-state index in [0.717, 1.165) is 44.9 Å². The van der Waals surface area contributed by atoms with Gasteiger partial charge in [-0.05, 0) is 86.0 Å². The monoisotopic (exact) mass is 428 g/mol. The molecule has 31 heavy (non-hydrogen) atoms. The number of fused-ring (bicyclic) bond motifs is 4. The fourth-order valence-corrected chi connectivity index (χ4v) is 8.83. The number of rotatable bonds is 3. The number of carbonyl (C=O) groups excluding carboxylic acids is 2. The van der Waals surface area contributed by atoms with E-state index >= 15 is 0 Å². The highest BCUT2D eigenvalue weighted by Gasteiger charge is 2.69. The van der Waals surface area contributed by atoms with E-state index in [1.165, 1.54) is 5.57 Å². The highest BCUT2D eigenvalue weighted by molar-refractivity contribution is 5.91. The molecule has 0 radical (unpaired) electrons. The van der Waals surface area contributed by atoms with Crippen molar-refractivity contribution < 1.29 is 19.4 Å². The van der Waals surface area contributed by atoms with E-state index in [1.807, 2.05) is 6.08 Å². The van der Waals surface area contributed by atoms with Gasteiger partial charge < -0.3 is 9.84 Å². The summed E-state index contributed by atoms with van der Waals surface area (Å²) < 4.78 is 6.34. The molecular weight excluding hydrogens is 388 g/mol. The van der Waals surface area contributed by atoms with E-state index in [0.29, 0.717) is 36.4 Å². The number of aliphatic hydroxyl groups excluding tert-OH is 1. The fraction of sp³-hybridized carbons (Fsp3) is 0.852. The Morgan fingerprint density at radius 2 is 1.94 bits per heavy atom. The Balaban J connectivity index is 1.45. The molecular formula is C27H40O4. The van der Waals surface area contributed by atoms with Gasteiger partial charge in [0.15, 0.2) is 12.1 Å². The number of ether oxygens (including phenoxy) is 1. The average Bonchev–Trinajstić information content (AvgIpc) is 3.04. The van der Waals surface area contributed by atoms with Gasteiger partial charge in [-0.2, -0.15) is 0 Å². The quantitative estimate of drug-likeness (QED) is 0.681. The molecule has 0 bridgehead atoms. The van der Waals surface area contributed by atoms with E-state index in [9.17, 15) is 14.7 Å². The molecule has 0 unspecified atom stereocenters. The minimum atomic E-state index is -0.819. The zero-order valence-electron chi connectivity index (χ0n) is 19.7. The number of aliphatic hydroxyl groups is 1. The average molecular weight is 429 g/mol. The topological polar surface area (TPSA) is 63.6 Å². The molecule has 0 aromatic rings. The molecule has 0 aromatic carbocycles. The van der Waals surface area contributed by atoms with Crippen LogP contribution in [0.5, 0.6) is 0 Å². The molecule has 0 amide bonds. The molecule has 3 saturated carbocycles. The number of hydrogen-bond donors (Lipinski definition) is 1. The largest absolute Gasteiger partial charge is 0.367 e. The van der Waals surface area contributed by atoms with Crippen LogP contribution < -0.4 is 0 Å². The predicted octanol–water partition coefficient (Wildman–Crippen LogP) is 5.08. The summed E-state index contributed by atoms with van der Waals surface area (Å²) in [5, 5.41) is 11.4. The summed E-state index contributed by atoms with van der Waals surface area (Å²) in [5.41, 5.74) is 1.05. The first-order valence-corrected chi connectivity index (χ1v) is 12.8. The van der Waals surface area contributed by atoms with Crippen molar-refractivity contribution in [3.63, 3.8) is 0 Å². The van der Waals surface area contributed by atoms with E-state index in [2.05, 4.69) is 27.7 Å². The summed E-state index contributed by atoms with van der Waals surface area (Å²) in [6, 6.07) is 0. The van der Waals surface area contributed by atoms with Gasteiger partial charge in [-0.25, -0.2) is 0 Å². The lowest BCUT2D eigenvalue weighted by Crippen LogP contribution is -2.61. The van der Waals surface area contributed by atoms with E-state index < -0.39 is 11.7 Å². The highest BCUT2D eigenvalue weighted by atomic mass is 16.6. The van der Waals surface area contributed by atoms with Gasteiger partial charge in [0.25, 0.3) is 0 Å². The third-order valence-corrected chi connectivity index (χ3v) is 10.4. The predicted molar refractivity (Wildman–Crippen MR) is 119 cm³/mol. The molecule has 4 nitrogen and oxygen atoms in total. The Bertz CT molecular complexity index is 799. The van der Waals surface area contributed by atoms with Crippen LogP contribution in [0, 0.1) is 46.3 Å². The van der Waals surface area contributed by atoms with Crippen LogP contribution in [0.3, 0.4) is 0 Å². The first-order chi connectivity index (χ1) is 14.7. The zero-order chi connectivity index (χ0) is 22.1. The molecule has 1 spiro atoms. The molecule has 4 aliphatic carbocycles. The van der Waals surface area contributed by atoms with Crippen molar-refractivity contribution in [1.29, 1.82) is 0 Å². The Kier molecular flexibility index (Phi) is 5.29. The smallest absolute Gasteiger partial charge is 0.161 e. The lowest BCUT2D eigenvalue weighted by Gasteiger charge is -2.61. The molecule has 4 heteroatoms. The minimum absolute atomic E-state index is 0.0174. The molecule has 1 aliphatic heterocycles. The fourth-order valence-electron chi connectivity index (χ4n) is 8.83. The zero-order valence-corrected chi connectivity index (χ0v) is 19.7. The second kappa shape index (κ2) is 7.52. The first kappa shape index (κ1) is 21.8. The van der Waals surface area contributed by atoms with Crippen molar-refractivity contribution in [2.75, 3.05) is 0 Å². The van der Waals surface area contributed by atoms with E-state index in [1.54, 1.807) is 0 Å². The van der Waals surface area contributed by atoms with Gasteiger partial charge in [-0.15, -0.1) is 0 Å². The van der Waals surface area contributed by atoms with Crippen LogP contribution in [0.2, 0.25) is 0 Å². The first-order valence-electron chi connectivity index (χ1n) is 12.8. The molecule has 0 aromatic heterocycles. The second-order valence-electron chi connectivity index (χ2n) is 12.1. The van der Waals surface area contributed by atoms with Crippen molar-refractivity contribution in [1.82, 2.24) is 0 Å². The van der Waals surface area contributed by atoms with Gasteiger partial charge in [-0.1, -0.05) is 33.3 Å². The summed E-state index contributed by atoms with van der Waals surface area (Å²) in [4.78, 5) is 25.5. The maximum atomic E-state index is 13.5. The third kappa shape index (κ3) is 3.07. The normalized spacial score (nSPS) is 49.2. The van der Waals surface area contributed by atoms with Gasteiger partial charge in [0, 0.05) is 24.2 Å². The van der Waals surface area contributed by atoms with Gasteiger partial charge in [0.05, 0.1) is 6.10 Å². The van der Waals surface area contributed by atoms with E-state index in [-0.39, 0.29) is 35.1 Å². The maximum absolute atomic E-state index is 13.5. The SMILES string of the molecule is CC(C)CC[C@H]1O[C@H](O)[C@]23CC[C@H]4[C@@H](CCC5=CC(=O)CC[C@@]54C)[C@@H]2CC(=O)[C@@H]3[C@@H]1C. The third-order valence-electron chi connectivity index (χ3n) is 10.4. The number of carbonyl (C=O) groups is 2. The number of allylic oxidation sites excluding steroid dienone is 1. The van der Waals surface area contributed by atoms with Crippen LogP contribution in [0.25, 0.3) is 0 Å². The Morgan fingerprint density at radius 1 is 1.16 bits per heavy atom. The molecule has 172 valence electrons. The molecule has 5 aliphatic rings. The minimum Gasteiger partial charge on any atom is -0.367 e. The van der Waals surface area contributed by atoms with Crippen LogP contribution >= 0.6 is 0 Å². The number of hydrogen-bond acceptors (Lipinski definition) is 4. The molecule has 5 rings (SSSR count). The van der Waals surface area contributed by atoms with Crippen molar-refractivity contribution in [3.05, 3.63) is 11.6 Å². The lowest BCUT2D eigenvalue weighted by atomic mass is 9.45. The summed E-state index contributed by atoms with van der Waals surface area (Å²) in [6.07, 6.45) is 9.24. The number of ketones is 2. The standard InChI is InChI=1S/C27H40O4/c1-15(2)5-8-23-16(3)24-22(29)14-21-19-7-6-17-13-18(28)9-11-26(17,4)20(19)10-12-27(21,24)25(30)31-23/h13,15-16,19-21,23-25,30H,5-12,14H2,1-4H3/t16-,19-,20+,21+,23-,24+,25+,26+,27-/m1/s1. The Hall–Kier alpha value is -1.00. The summed E-state index contributed by atoms with van der Waals surface area (Å²) in [5.74, 6) is 2.57. The maximum Gasteiger partial charge on any atom is 0.161 e. The van der Waals surface area contributed by atoms with Crippen LogP contribution in [0.1, 0.15) is 85.5 Å². The van der Waals surface area contributed by atoms with Gasteiger partial charge in [0.1, 0.15) is 5.78 Å². The molecule has 1 saturated heterocycles. The van der Waals surface area contributed by atoms with Crippen molar-refractivity contribution in [2.45, 2.75) is 97.9 Å². The van der Waals surface area contributed by atoms with Crippen LogP contribution in [0.15, 0.2) is 11.6 Å². The molecule has 1 heterocycles. The van der Waals surface area contributed by atoms with Crippen molar-refractivity contribution in [2.24, 2.45) is 46.3 Å². The highest BCUT2D eigenvalue weighted by Crippen LogP contribution is 2.69. The number of Topliss-reactive ketones (excluding diaryl/α,β-unsaturated/α-hetero) is 1. The molecule has 4 fully saturated rings. The summed E-state index contributed by atoms with van der Waals surface area (Å²) in [6.45, 7) is 9.00. The van der Waals surface area contributed by atoms with Gasteiger partial charge in [-0.3, -0.25) is 9.59 Å². The van der Waals surface area contributed by atoms with Crippen LogP contribution in [-0.4, -0.2) is 29.1 Å². The Labute approximate surface area is 187 Å². The van der Waals surface area contributed by atoms with Crippen LogP contribution in [0.4, 0.5) is 0 Å². The Morgan fingerprint density at radius 3 is 2.68 bits per heavy atom. The summed E-state index contributed by atoms with van der Waals surface area (Å²) >= 11 is 0. The van der Waals surface area contributed by atoms with Crippen molar-refractivity contribution in [3.8, 4) is 0 Å². The van der Waals surface area contributed by atoms with Crippen LogP contribution in [-0.2, 0) is 14.3 Å². The van der Waals surface area contributed by atoms with Gasteiger partial charge in [0.2, 0.25) is 0 Å². The molecule has 9 atom stereocenters. The molecule has 1 N–H and O–H groups in total. The van der Waals surface area contributed by atoms with E-state index in [4.69, 9.17) is 4.74 Å². The van der Waals surface area contributed by atoms with Gasteiger partial charge >= 0.3 is 0 Å². The van der Waals surface area contributed by atoms with Crippen molar-refractivity contribution >= 4 is 11.6 Å². The summed E-state index contributed by atoms with van der Waals surface area (Å²) in [7, 11) is 0. The second-order valence-corrected chi connectivity index (χ2v) is 12.1. The lowest BCUT2D eigenvalue weighted by molar-refractivity contribution is -0.293.